The summed E-state index contributed by atoms with van der Waals surface area (Å²) >= 11 is 0. The number of nitrogens with zero attached hydrogens (tertiary/aromatic N) is 3. The second-order valence-electron chi connectivity index (χ2n) is 12.7. The van der Waals surface area contributed by atoms with Gasteiger partial charge in [-0.05, 0) is 86.3 Å². The number of carbonyl (C=O) groups is 4. The van der Waals surface area contributed by atoms with Crippen LogP contribution in [0.5, 0.6) is 0 Å². The maximum absolute atomic E-state index is 13.8. The van der Waals surface area contributed by atoms with Crippen LogP contribution in [-0.2, 0) is 35.7 Å². The van der Waals surface area contributed by atoms with E-state index in [1.165, 1.54) is 24.5 Å². The van der Waals surface area contributed by atoms with Crippen molar-refractivity contribution in [2.75, 3.05) is 9.80 Å². The second-order valence-corrected chi connectivity index (χ2v) is 14.4. The van der Waals surface area contributed by atoms with Gasteiger partial charge in [-0.2, -0.15) is 0 Å². The quantitative estimate of drug-likeness (QED) is 0.181. The fourth-order valence-corrected chi connectivity index (χ4v) is 7.36. The maximum Gasteiger partial charge on any atom is 0.261 e. The van der Waals surface area contributed by atoms with Gasteiger partial charge in [-0.1, -0.05) is 54.0 Å². The lowest BCUT2D eigenvalue weighted by Crippen LogP contribution is -2.30. The molecule has 0 aliphatic carbocycles. The third-order valence-electron chi connectivity index (χ3n) is 9.02. The van der Waals surface area contributed by atoms with Crippen molar-refractivity contribution in [2.45, 2.75) is 32.2 Å². The van der Waals surface area contributed by atoms with E-state index in [0.29, 0.717) is 55.7 Å². The third-order valence-corrected chi connectivity index (χ3v) is 10.5. The number of anilines is 2. The van der Waals surface area contributed by atoms with Gasteiger partial charge in [0.25, 0.3) is 23.6 Å². The van der Waals surface area contributed by atoms with Crippen molar-refractivity contribution in [1.29, 1.82) is 0 Å². The molecule has 0 fully saturated rings. The molecule has 7 rings (SSSR count). The molecule has 4 aromatic carbocycles. The van der Waals surface area contributed by atoms with E-state index in [1.807, 2.05) is 25.1 Å². The second kappa shape index (κ2) is 14.2. The number of fused-ring (bicyclic) bond motifs is 1. The first-order valence-electron chi connectivity index (χ1n) is 16.7. The Balaban J connectivity index is 1.21. The number of carbonyl (C=O) groups excluding carboxylic acids is 4. The Morgan fingerprint density at radius 3 is 1.57 bits per heavy atom. The number of benzene rings is 4. The highest BCUT2D eigenvalue weighted by molar-refractivity contribution is 7.89. The number of pyridine rings is 1. The van der Waals surface area contributed by atoms with Crippen molar-refractivity contribution in [2.24, 2.45) is 0 Å². The molecular formula is C43H30N4O6S. The van der Waals surface area contributed by atoms with Gasteiger partial charge in [0, 0.05) is 75.4 Å². The van der Waals surface area contributed by atoms with Gasteiger partial charge in [0.2, 0.25) is 10.0 Å². The van der Waals surface area contributed by atoms with Crippen molar-refractivity contribution >= 4 is 55.8 Å². The highest BCUT2D eigenvalue weighted by Crippen LogP contribution is 2.27. The summed E-state index contributed by atoms with van der Waals surface area (Å²) < 4.78 is 30.4. The zero-order valence-electron chi connectivity index (χ0n) is 29.3. The Labute approximate surface area is 311 Å². The van der Waals surface area contributed by atoms with Crippen molar-refractivity contribution < 1.29 is 27.6 Å². The third kappa shape index (κ3) is 6.85. The number of aryl methyl sites for hydroxylation is 1. The van der Waals surface area contributed by atoms with E-state index in [9.17, 15) is 27.6 Å². The highest BCUT2D eigenvalue weighted by Gasteiger charge is 2.30. The Morgan fingerprint density at radius 1 is 0.611 bits per heavy atom. The Bertz CT molecular complexity index is 2620. The fraction of sp³-hybridized carbons (Fsp3) is 0.0930. The number of amides is 4. The van der Waals surface area contributed by atoms with Crippen LogP contribution in [0, 0.1) is 30.6 Å². The van der Waals surface area contributed by atoms with Gasteiger partial charge >= 0.3 is 0 Å². The molecule has 5 aromatic rings. The summed E-state index contributed by atoms with van der Waals surface area (Å²) in [5, 5.41) is 1.42. The van der Waals surface area contributed by atoms with Crippen molar-refractivity contribution in [3.8, 4) is 23.7 Å². The van der Waals surface area contributed by atoms with Gasteiger partial charge in [-0.25, -0.2) is 22.9 Å². The van der Waals surface area contributed by atoms with Gasteiger partial charge in [0.15, 0.2) is 0 Å². The SMILES string of the molecule is CC1=CC(=O)N(c2ccc(C#Cc3cncc(C#Cc4ccc(N5C(=O)C=C(C)C5=O)cc4)c3CNS(=O)(=O)c3cccc4c(C)cccc34)cc2)C1=O. The number of hydrogen-bond donors (Lipinski definition) is 1. The molecule has 0 saturated carbocycles. The van der Waals surface area contributed by atoms with Crippen LogP contribution in [0.15, 0.2) is 126 Å². The Morgan fingerprint density at radius 2 is 1.09 bits per heavy atom. The summed E-state index contributed by atoms with van der Waals surface area (Å²) in [5.41, 5.74) is 5.01. The molecule has 264 valence electrons. The molecule has 0 atom stereocenters. The average molecular weight is 731 g/mol. The molecule has 0 saturated heterocycles. The zero-order valence-corrected chi connectivity index (χ0v) is 30.1. The van der Waals surface area contributed by atoms with Crippen LogP contribution in [0.1, 0.15) is 47.2 Å². The van der Waals surface area contributed by atoms with Gasteiger partial charge in [-0.15, -0.1) is 0 Å². The van der Waals surface area contributed by atoms with E-state index in [-0.39, 0.29) is 23.3 Å². The van der Waals surface area contributed by atoms with Crippen molar-refractivity contribution in [3.05, 3.63) is 154 Å². The molecule has 10 nitrogen and oxygen atoms in total. The molecule has 0 unspecified atom stereocenters. The van der Waals surface area contributed by atoms with E-state index in [4.69, 9.17) is 0 Å². The smallest absolute Gasteiger partial charge is 0.261 e. The van der Waals surface area contributed by atoms with Crippen molar-refractivity contribution in [3.63, 3.8) is 0 Å². The van der Waals surface area contributed by atoms with Gasteiger partial charge in [0.05, 0.1) is 16.3 Å². The molecule has 54 heavy (non-hydrogen) atoms. The minimum Gasteiger partial charge on any atom is -0.269 e. The maximum atomic E-state index is 13.8. The van der Waals surface area contributed by atoms with Crippen molar-refractivity contribution in [1.82, 2.24) is 9.71 Å². The minimum absolute atomic E-state index is 0.138. The lowest BCUT2D eigenvalue weighted by Gasteiger charge is -2.14. The molecule has 11 heteroatoms. The molecule has 0 spiro atoms. The van der Waals surface area contributed by atoms with Crippen LogP contribution in [0.2, 0.25) is 0 Å². The Kier molecular flexibility index (Phi) is 9.36. The van der Waals surface area contributed by atoms with E-state index in [2.05, 4.69) is 33.4 Å². The molecular weight excluding hydrogens is 701 g/mol. The van der Waals surface area contributed by atoms with Gasteiger partial charge < -0.3 is 0 Å². The van der Waals surface area contributed by atoms with Crippen LogP contribution in [-0.4, -0.2) is 37.0 Å². The first-order valence-corrected chi connectivity index (χ1v) is 18.2. The summed E-state index contributed by atoms with van der Waals surface area (Å²) in [6.07, 6.45) is 5.65. The number of hydrogen-bond acceptors (Lipinski definition) is 7. The minimum atomic E-state index is -4.02. The first kappa shape index (κ1) is 35.5. The first-order chi connectivity index (χ1) is 25.9. The lowest BCUT2D eigenvalue weighted by molar-refractivity contribution is -0.121. The fourth-order valence-electron chi connectivity index (χ4n) is 6.14. The van der Waals surface area contributed by atoms with Gasteiger partial charge in [-0.3, -0.25) is 24.2 Å². The predicted molar refractivity (Wildman–Crippen MR) is 204 cm³/mol. The summed E-state index contributed by atoms with van der Waals surface area (Å²) in [5.74, 6) is 10.8. The van der Waals surface area contributed by atoms with E-state index >= 15 is 0 Å². The average Bonchev–Trinajstić information content (AvgIpc) is 3.58. The number of imide groups is 2. The summed E-state index contributed by atoms with van der Waals surface area (Å²) in [7, 11) is -4.02. The lowest BCUT2D eigenvalue weighted by atomic mass is 10.0. The summed E-state index contributed by atoms with van der Waals surface area (Å²) in [6, 6.07) is 23.9. The topological polar surface area (TPSA) is 134 Å². The molecule has 4 amide bonds. The van der Waals surface area contributed by atoms with Crippen LogP contribution in [0.4, 0.5) is 11.4 Å². The van der Waals surface area contributed by atoms with E-state index in [1.54, 1.807) is 80.6 Å². The molecule has 0 bridgehead atoms. The molecule has 2 aliphatic heterocycles. The largest absolute Gasteiger partial charge is 0.269 e. The van der Waals surface area contributed by atoms with Crippen LogP contribution < -0.4 is 14.5 Å². The van der Waals surface area contributed by atoms with Gasteiger partial charge in [0.1, 0.15) is 0 Å². The number of sulfonamides is 1. The normalized spacial score (nSPS) is 14.1. The van der Waals surface area contributed by atoms with Crippen LogP contribution in [0.25, 0.3) is 10.8 Å². The standard InChI is InChI=1S/C43H30N4O6S/c1-27-6-4-8-37-36(27)7-5-9-39(37)54(52,53)45-26-38-32(16-10-30-12-18-34(19-13-30)46-40(48)22-28(2)42(46)50)24-44-25-33(38)17-11-31-14-20-35(21-15-31)47-41(49)23-29(3)43(47)51/h4-9,12-15,18-25,45H,26H2,1-3H3. The predicted octanol–water partition coefficient (Wildman–Crippen LogP) is 5.46. The molecule has 1 N–H and O–H groups in total. The van der Waals surface area contributed by atoms with Crippen LogP contribution in [0.3, 0.4) is 0 Å². The monoisotopic (exact) mass is 730 g/mol. The zero-order chi connectivity index (χ0) is 38.1. The molecule has 1 aromatic heterocycles. The van der Waals surface area contributed by atoms with E-state index < -0.39 is 21.8 Å². The highest BCUT2D eigenvalue weighted by atomic mass is 32.2. The summed E-state index contributed by atoms with van der Waals surface area (Å²) in [4.78, 5) is 56.2. The Hall–Kier alpha value is -6.92. The molecule has 3 heterocycles. The summed E-state index contributed by atoms with van der Waals surface area (Å²) in [6.45, 7) is 4.94. The van der Waals surface area contributed by atoms with E-state index in [0.717, 1.165) is 20.7 Å². The molecule has 0 radical (unpaired) electrons. The van der Waals surface area contributed by atoms with Crippen LogP contribution >= 0.6 is 0 Å². The number of rotatable bonds is 6. The molecule has 2 aliphatic rings. The number of aromatic nitrogens is 1. The number of nitrogens with one attached hydrogen (secondary N) is 1.